The summed E-state index contributed by atoms with van der Waals surface area (Å²) in [6.45, 7) is 3.12. The zero-order valence-electron chi connectivity index (χ0n) is 11.7. The van der Waals surface area contributed by atoms with Crippen molar-refractivity contribution in [2.24, 2.45) is 0 Å². The highest BCUT2D eigenvalue weighted by Gasteiger charge is 2.03. The van der Waals surface area contributed by atoms with Crippen LogP contribution in [0.25, 0.3) is 0 Å². The van der Waals surface area contributed by atoms with Gasteiger partial charge in [-0.3, -0.25) is 0 Å². The van der Waals surface area contributed by atoms with Crippen molar-refractivity contribution in [1.82, 2.24) is 5.32 Å². The molecule has 2 aromatic rings. The van der Waals surface area contributed by atoms with Crippen LogP contribution in [0.2, 0.25) is 5.02 Å². The standard InChI is InChI=1S/C16H17ClN2OS/c1-12-14(17)8-5-9-15(12)19-16(21)18-10-11-20-13-6-3-2-4-7-13/h2-9H,10-11H2,1H3,(H2,18,19,21). The van der Waals surface area contributed by atoms with E-state index in [1.54, 1.807) is 0 Å². The topological polar surface area (TPSA) is 33.3 Å². The molecule has 0 aromatic heterocycles. The number of rotatable bonds is 5. The molecule has 0 spiro atoms. The lowest BCUT2D eigenvalue weighted by Gasteiger charge is -2.13. The highest BCUT2D eigenvalue weighted by Crippen LogP contribution is 2.22. The van der Waals surface area contributed by atoms with Gasteiger partial charge in [0, 0.05) is 10.7 Å². The van der Waals surface area contributed by atoms with Gasteiger partial charge in [-0.1, -0.05) is 35.9 Å². The van der Waals surface area contributed by atoms with E-state index in [-0.39, 0.29) is 0 Å². The predicted molar refractivity (Wildman–Crippen MR) is 92.3 cm³/mol. The van der Waals surface area contributed by atoms with Crippen LogP contribution in [0.4, 0.5) is 5.69 Å². The smallest absolute Gasteiger partial charge is 0.170 e. The monoisotopic (exact) mass is 320 g/mol. The Kier molecular flexibility index (Phi) is 5.84. The maximum absolute atomic E-state index is 6.07. The molecule has 0 heterocycles. The molecule has 0 radical (unpaired) electrons. The number of anilines is 1. The molecule has 2 rings (SSSR count). The lowest BCUT2D eigenvalue weighted by atomic mass is 10.2. The number of hydrogen-bond acceptors (Lipinski definition) is 2. The van der Waals surface area contributed by atoms with Gasteiger partial charge in [0.25, 0.3) is 0 Å². The first-order valence-corrected chi connectivity index (χ1v) is 7.43. The maximum atomic E-state index is 6.07. The van der Waals surface area contributed by atoms with Crippen LogP contribution >= 0.6 is 23.8 Å². The average Bonchev–Trinajstić information content (AvgIpc) is 2.49. The van der Waals surface area contributed by atoms with Crippen LogP contribution < -0.4 is 15.4 Å². The molecule has 0 aliphatic rings. The number of hydrogen-bond donors (Lipinski definition) is 2. The van der Waals surface area contributed by atoms with Gasteiger partial charge in [-0.15, -0.1) is 0 Å². The lowest BCUT2D eigenvalue weighted by molar-refractivity contribution is 0.323. The van der Waals surface area contributed by atoms with E-state index in [1.165, 1.54) is 0 Å². The van der Waals surface area contributed by atoms with Crippen molar-refractivity contribution in [3.63, 3.8) is 0 Å². The molecule has 0 saturated heterocycles. The summed E-state index contributed by atoms with van der Waals surface area (Å²) in [7, 11) is 0. The number of benzene rings is 2. The Labute approximate surface area is 135 Å². The molecule has 0 saturated carbocycles. The highest BCUT2D eigenvalue weighted by molar-refractivity contribution is 7.80. The Hall–Kier alpha value is -1.78. The summed E-state index contributed by atoms with van der Waals surface area (Å²) >= 11 is 11.3. The fourth-order valence-corrected chi connectivity index (χ4v) is 2.15. The van der Waals surface area contributed by atoms with Crippen molar-refractivity contribution < 1.29 is 4.74 Å². The summed E-state index contributed by atoms with van der Waals surface area (Å²) in [6.07, 6.45) is 0. The molecule has 0 bridgehead atoms. The summed E-state index contributed by atoms with van der Waals surface area (Å²) in [4.78, 5) is 0. The Morgan fingerprint density at radius 3 is 2.67 bits per heavy atom. The molecule has 21 heavy (non-hydrogen) atoms. The Bertz CT molecular complexity index is 604. The van der Waals surface area contributed by atoms with Crippen molar-refractivity contribution in [2.75, 3.05) is 18.5 Å². The first kappa shape index (κ1) is 15.6. The fourth-order valence-electron chi connectivity index (χ4n) is 1.76. The first-order valence-electron chi connectivity index (χ1n) is 6.64. The average molecular weight is 321 g/mol. The van der Waals surface area contributed by atoms with Crippen molar-refractivity contribution >= 4 is 34.6 Å². The summed E-state index contributed by atoms with van der Waals surface area (Å²) in [5.41, 5.74) is 1.88. The molecule has 0 fully saturated rings. The SMILES string of the molecule is Cc1c(Cl)cccc1NC(=S)NCCOc1ccccc1. The van der Waals surface area contributed by atoms with E-state index in [2.05, 4.69) is 10.6 Å². The van der Waals surface area contributed by atoms with Crippen molar-refractivity contribution in [1.29, 1.82) is 0 Å². The molecular formula is C16H17ClN2OS. The number of ether oxygens (including phenoxy) is 1. The molecule has 5 heteroatoms. The van der Waals surface area contributed by atoms with Gasteiger partial charge in [-0.2, -0.15) is 0 Å². The van der Waals surface area contributed by atoms with Crippen LogP contribution in [0.1, 0.15) is 5.56 Å². The first-order chi connectivity index (χ1) is 10.2. The van der Waals surface area contributed by atoms with Crippen LogP contribution in [0.5, 0.6) is 5.75 Å². The van der Waals surface area contributed by atoms with Gasteiger partial charge in [0.15, 0.2) is 5.11 Å². The fraction of sp³-hybridized carbons (Fsp3) is 0.188. The third-order valence-corrected chi connectivity index (χ3v) is 3.57. The number of thiocarbonyl (C=S) groups is 1. The molecule has 0 unspecified atom stereocenters. The van der Waals surface area contributed by atoms with Crippen LogP contribution in [0, 0.1) is 6.92 Å². The zero-order valence-corrected chi connectivity index (χ0v) is 13.3. The molecule has 0 aliphatic carbocycles. The van der Waals surface area contributed by atoms with Crippen molar-refractivity contribution in [3.05, 3.63) is 59.1 Å². The Morgan fingerprint density at radius 2 is 1.90 bits per heavy atom. The van der Waals surface area contributed by atoms with E-state index < -0.39 is 0 Å². The maximum Gasteiger partial charge on any atom is 0.170 e. The number of nitrogens with one attached hydrogen (secondary N) is 2. The van der Waals surface area contributed by atoms with Crippen LogP contribution in [-0.4, -0.2) is 18.3 Å². The number of para-hydroxylation sites is 1. The van der Waals surface area contributed by atoms with E-state index in [4.69, 9.17) is 28.6 Å². The zero-order chi connectivity index (χ0) is 15.1. The second-order valence-corrected chi connectivity index (χ2v) is 5.27. The predicted octanol–water partition coefficient (Wildman–Crippen LogP) is 4.01. The normalized spacial score (nSPS) is 10.0. The summed E-state index contributed by atoms with van der Waals surface area (Å²) in [5.74, 6) is 0.851. The van der Waals surface area contributed by atoms with E-state index in [0.717, 1.165) is 22.0 Å². The molecular weight excluding hydrogens is 304 g/mol. The van der Waals surface area contributed by atoms with Crippen molar-refractivity contribution in [2.45, 2.75) is 6.92 Å². The molecule has 3 nitrogen and oxygen atoms in total. The lowest BCUT2D eigenvalue weighted by Crippen LogP contribution is -2.32. The van der Waals surface area contributed by atoms with Gasteiger partial charge < -0.3 is 15.4 Å². The molecule has 0 atom stereocenters. The van der Waals surface area contributed by atoms with E-state index in [9.17, 15) is 0 Å². The van der Waals surface area contributed by atoms with Crippen LogP contribution in [0.15, 0.2) is 48.5 Å². The molecule has 2 N–H and O–H groups in total. The highest BCUT2D eigenvalue weighted by atomic mass is 35.5. The third kappa shape index (κ3) is 4.92. The van der Waals surface area contributed by atoms with Crippen molar-refractivity contribution in [3.8, 4) is 5.75 Å². The molecule has 110 valence electrons. The van der Waals surface area contributed by atoms with E-state index in [0.29, 0.717) is 18.3 Å². The van der Waals surface area contributed by atoms with E-state index in [1.807, 2.05) is 55.5 Å². The molecule has 2 aromatic carbocycles. The van der Waals surface area contributed by atoms with Gasteiger partial charge in [-0.25, -0.2) is 0 Å². The van der Waals surface area contributed by atoms with Gasteiger partial charge >= 0.3 is 0 Å². The summed E-state index contributed by atoms with van der Waals surface area (Å²) in [6, 6.07) is 15.4. The second kappa shape index (κ2) is 7.86. The van der Waals surface area contributed by atoms with Gasteiger partial charge in [0.1, 0.15) is 12.4 Å². The third-order valence-electron chi connectivity index (χ3n) is 2.92. The summed E-state index contributed by atoms with van der Waals surface area (Å²) in [5, 5.41) is 7.50. The van der Waals surface area contributed by atoms with Gasteiger partial charge in [0.2, 0.25) is 0 Å². The minimum atomic E-state index is 0.542. The van der Waals surface area contributed by atoms with Gasteiger partial charge in [0.05, 0.1) is 6.54 Å². The largest absolute Gasteiger partial charge is 0.492 e. The molecule has 0 aliphatic heterocycles. The second-order valence-electron chi connectivity index (χ2n) is 4.45. The molecule has 0 amide bonds. The van der Waals surface area contributed by atoms with Crippen LogP contribution in [-0.2, 0) is 0 Å². The Balaban J connectivity index is 1.74. The number of halogens is 1. The Morgan fingerprint density at radius 1 is 1.14 bits per heavy atom. The quantitative estimate of drug-likeness (QED) is 0.644. The van der Waals surface area contributed by atoms with E-state index >= 15 is 0 Å². The van der Waals surface area contributed by atoms with Crippen LogP contribution in [0.3, 0.4) is 0 Å². The minimum absolute atomic E-state index is 0.542. The van der Waals surface area contributed by atoms with Gasteiger partial charge in [-0.05, 0) is 49.0 Å². The summed E-state index contributed by atoms with van der Waals surface area (Å²) < 4.78 is 5.58. The minimum Gasteiger partial charge on any atom is -0.492 e.